The Morgan fingerprint density at radius 2 is 2.12 bits per heavy atom. The van der Waals surface area contributed by atoms with E-state index >= 15 is 0 Å². The van der Waals surface area contributed by atoms with Gasteiger partial charge in [-0.1, -0.05) is 37.3 Å². The number of carbonyl (C=O) groups excluding carboxylic acids is 1. The fourth-order valence-electron chi connectivity index (χ4n) is 2.53. The van der Waals surface area contributed by atoms with Crippen molar-refractivity contribution < 1.29 is 4.79 Å². The van der Waals surface area contributed by atoms with Crippen LogP contribution in [-0.4, -0.2) is 31.3 Å². The predicted molar refractivity (Wildman–Crippen MR) is 91.5 cm³/mol. The van der Waals surface area contributed by atoms with Gasteiger partial charge in [0.25, 0.3) is 5.91 Å². The van der Waals surface area contributed by atoms with Crippen molar-refractivity contribution in [3.63, 3.8) is 0 Å². The maximum absolute atomic E-state index is 12.4. The zero-order chi connectivity index (χ0) is 16.8. The summed E-state index contributed by atoms with van der Waals surface area (Å²) >= 11 is 0. The van der Waals surface area contributed by atoms with E-state index in [0.717, 1.165) is 12.0 Å². The summed E-state index contributed by atoms with van der Waals surface area (Å²) < 4.78 is 3.74. The van der Waals surface area contributed by atoms with Gasteiger partial charge in [-0.2, -0.15) is 5.10 Å². The molecule has 2 heterocycles. The maximum Gasteiger partial charge on any atom is 0.254 e. The molecular weight excluding hydrogens is 302 g/mol. The third-order valence-corrected chi connectivity index (χ3v) is 3.90. The number of nitrogens with one attached hydrogen (secondary N) is 1. The van der Waals surface area contributed by atoms with E-state index in [0.29, 0.717) is 18.7 Å². The van der Waals surface area contributed by atoms with Gasteiger partial charge in [0.05, 0.1) is 24.6 Å². The molecule has 6 nitrogen and oxygen atoms in total. The van der Waals surface area contributed by atoms with Crippen molar-refractivity contribution in [1.29, 1.82) is 0 Å². The average molecular weight is 323 g/mol. The molecule has 1 N–H and O–H groups in total. The predicted octanol–water partition coefficient (Wildman–Crippen LogP) is 2.34. The van der Waals surface area contributed by atoms with Crippen LogP contribution in [-0.2, 0) is 13.1 Å². The largest absolute Gasteiger partial charge is 0.347 e. The first-order chi connectivity index (χ1) is 11.7. The number of hydrogen-bond acceptors (Lipinski definition) is 3. The number of nitrogens with zero attached hydrogens (tertiary/aromatic N) is 4. The van der Waals surface area contributed by atoms with Crippen LogP contribution in [0.5, 0.6) is 0 Å². The fraction of sp³-hybridized carbons (Fsp3) is 0.278. The van der Waals surface area contributed by atoms with Gasteiger partial charge in [0, 0.05) is 31.2 Å². The van der Waals surface area contributed by atoms with Crippen LogP contribution >= 0.6 is 0 Å². The van der Waals surface area contributed by atoms with Crippen molar-refractivity contribution >= 4 is 5.91 Å². The lowest BCUT2D eigenvalue weighted by atomic mass is 10.2. The highest BCUT2D eigenvalue weighted by Gasteiger charge is 2.14. The molecule has 0 aliphatic rings. The standard InChI is InChI=1S/C18H21N5O/c1-2-17(13-22-9-8-19-14-22)21-18(24)16-10-20-23(12-16)11-15-6-4-3-5-7-15/h3-10,12,14,17H,2,11,13H2,1H3,(H,21,24)/t17-/m0/s1. The molecule has 6 heteroatoms. The maximum atomic E-state index is 12.4. The number of aromatic nitrogens is 4. The molecule has 0 aliphatic carbocycles. The molecule has 3 aromatic rings. The molecule has 0 aliphatic heterocycles. The third kappa shape index (κ3) is 4.10. The summed E-state index contributed by atoms with van der Waals surface area (Å²) in [6.45, 7) is 3.42. The minimum Gasteiger partial charge on any atom is -0.347 e. The second-order valence-electron chi connectivity index (χ2n) is 5.75. The second kappa shape index (κ2) is 7.59. The van der Waals surface area contributed by atoms with E-state index in [9.17, 15) is 4.79 Å². The SMILES string of the molecule is CC[C@@H](Cn1ccnc1)NC(=O)c1cnn(Cc2ccccc2)c1. The Bertz CT molecular complexity index is 764. The van der Waals surface area contributed by atoms with E-state index in [1.165, 1.54) is 0 Å². The Kier molecular flexibility index (Phi) is 5.05. The van der Waals surface area contributed by atoms with E-state index in [-0.39, 0.29) is 11.9 Å². The summed E-state index contributed by atoms with van der Waals surface area (Å²) in [4.78, 5) is 16.4. The first-order valence-electron chi connectivity index (χ1n) is 8.07. The molecule has 0 fully saturated rings. The average Bonchev–Trinajstić information content (AvgIpc) is 3.27. The third-order valence-electron chi connectivity index (χ3n) is 3.90. The number of imidazole rings is 1. The molecule has 0 spiro atoms. The molecule has 1 amide bonds. The Hall–Kier alpha value is -2.89. The van der Waals surface area contributed by atoms with Gasteiger partial charge in [-0.05, 0) is 12.0 Å². The lowest BCUT2D eigenvalue weighted by molar-refractivity contribution is 0.0932. The number of amides is 1. The first kappa shape index (κ1) is 16.0. The molecule has 24 heavy (non-hydrogen) atoms. The number of carbonyl (C=O) groups is 1. The highest BCUT2D eigenvalue weighted by atomic mass is 16.1. The highest BCUT2D eigenvalue weighted by Crippen LogP contribution is 2.05. The number of rotatable bonds is 7. The van der Waals surface area contributed by atoms with Crippen LogP contribution in [0.1, 0.15) is 29.3 Å². The Morgan fingerprint density at radius 3 is 2.83 bits per heavy atom. The smallest absolute Gasteiger partial charge is 0.254 e. The summed E-state index contributed by atoms with van der Waals surface area (Å²) in [5.41, 5.74) is 1.73. The Labute approximate surface area is 141 Å². The van der Waals surface area contributed by atoms with E-state index < -0.39 is 0 Å². The van der Waals surface area contributed by atoms with Gasteiger partial charge in [-0.25, -0.2) is 4.98 Å². The van der Waals surface area contributed by atoms with Gasteiger partial charge in [-0.3, -0.25) is 9.48 Å². The quantitative estimate of drug-likeness (QED) is 0.726. The lowest BCUT2D eigenvalue weighted by Gasteiger charge is -2.16. The van der Waals surface area contributed by atoms with Gasteiger partial charge >= 0.3 is 0 Å². The summed E-state index contributed by atoms with van der Waals surface area (Å²) in [6, 6.07) is 10.1. The second-order valence-corrected chi connectivity index (χ2v) is 5.75. The summed E-state index contributed by atoms with van der Waals surface area (Å²) in [7, 11) is 0. The van der Waals surface area contributed by atoms with Crippen molar-refractivity contribution in [2.24, 2.45) is 0 Å². The van der Waals surface area contributed by atoms with E-state index in [2.05, 4.69) is 22.3 Å². The summed E-state index contributed by atoms with van der Waals surface area (Å²) in [5.74, 6) is -0.0960. The number of hydrogen-bond donors (Lipinski definition) is 1. The minimum absolute atomic E-state index is 0.0594. The molecular formula is C18H21N5O. The molecule has 0 unspecified atom stereocenters. The zero-order valence-electron chi connectivity index (χ0n) is 13.7. The highest BCUT2D eigenvalue weighted by molar-refractivity contribution is 5.93. The van der Waals surface area contributed by atoms with Crippen LogP contribution in [0.4, 0.5) is 0 Å². The molecule has 0 radical (unpaired) electrons. The summed E-state index contributed by atoms with van der Waals surface area (Å²) in [6.07, 6.45) is 9.64. The van der Waals surface area contributed by atoms with Gasteiger partial charge in [0.15, 0.2) is 0 Å². The molecule has 1 atom stereocenters. The monoisotopic (exact) mass is 323 g/mol. The van der Waals surface area contributed by atoms with E-state index in [4.69, 9.17) is 0 Å². The van der Waals surface area contributed by atoms with Gasteiger partial charge in [0.1, 0.15) is 0 Å². The molecule has 1 aromatic carbocycles. The minimum atomic E-state index is -0.0960. The van der Waals surface area contributed by atoms with Crippen LogP contribution in [0, 0.1) is 0 Å². The van der Waals surface area contributed by atoms with Crippen LogP contribution in [0.2, 0.25) is 0 Å². The topological polar surface area (TPSA) is 64.7 Å². The van der Waals surface area contributed by atoms with Crippen LogP contribution in [0.3, 0.4) is 0 Å². The zero-order valence-corrected chi connectivity index (χ0v) is 13.7. The van der Waals surface area contributed by atoms with Gasteiger partial charge in [-0.15, -0.1) is 0 Å². The lowest BCUT2D eigenvalue weighted by Crippen LogP contribution is -2.37. The first-order valence-corrected chi connectivity index (χ1v) is 8.07. The van der Waals surface area contributed by atoms with Crippen LogP contribution in [0.25, 0.3) is 0 Å². The molecule has 124 valence electrons. The number of benzene rings is 1. The van der Waals surface area contributed by atoms with E-state index in [1.807, 2.05) is 41.1 Å². The molecule has 2 aromatic heterocycles. The Morgan fingerprint density at radius 1 is 1.29 bits per heavy atom. The van der Waals surface area contributed by atoms with E-state index in [1.54, 1.807) is 29.6 Å². The van der Waals surface area contributed by atoms with Crippen LogP contribution in [0.15, 0.2) is 61.4 Å². The fourth-order valence-corrected chi connectivity index (χ4v) is 2.53. The van der Waals surface area contributed by atoms with Crippen molar-refractivity contribution in [3.05, 3.63) is 72.6 Å². The van der Waals surface area contributed by atoms with Crippen molar-refractivity contribution in [3.8, 4) is 0 Å². The van der Waals surface area contributed by atoms with Crippen molar-refractivity contribution in [1.82, 2.24) is 24.6 Å². The van der Waals surface area contributed by atoms with Crippen molar-refractivity contribution in [2.75, 3.05) is 0 Å². The van der Waals surface area contributed by atoms with Crippen molar-refractivity contribution in [2.45, 2.75) is 32.5 Å². The molecule has 0 bridgehead atoms. The Balaban J connectivity index is 1.60. The van der Waals surface area contributed by atoms with Crippen LogP contribution < -0.4 is 5.32 Å². The normalized spacial score (nSPS) is 12.0. The molecule has 0 saturated carbocycles. The molecule has 3 rings (SSSR count). The summed E-state index contributed by atoms with van der Waals surface area (Å²) in [5, 5.41) is 7.34. The van der Waals surface area contributed by atoms with Gasteiger partial charge < -0.3 is 9.88 Å². The molecule has 0 saturated heterocycles. The van der Waals surface area contributed by atoms with Gasteiger partial charge in [0.2, 0.25) is 0 Å².